The summed E-state index contributed by atoms with van der Waals surface area (Å²) in [4.78, 5) is 37.3. The summed E-state index contributed by atoms with van der Waals surface area (Å²) in [5.74, 6) is -0.969. The van der Waals surface area contributed by atoms with Crippen LogP contribution in [0.15, 0.2) is 6.33 Å². The van der Waals surface area contributed by atoms with E-state index in [2.05, 4.69) is 30.4 Å². The van der Waals surface area contributed by atoms with Gasteiger partial charge in [-0.2, -0.15) is 9.97 Å². The van der Waals surface area contributed by atoms with E-state index in [-0.39, 0.29) is 30.9 Å². The Balaban J connectivity index is 1.54. The van der Waals surface area contributed by atoms with E-state index in [0.717, 1.165) is 12.8 Å². The molecule has 0 aromatic carbocycles. The Labute approximate surface area is 242 Å². The maximum atomic E-state index is 13.8. The second-order valence-electron chi connectivity index (χ2n) is 10.4. The normalized spacial score (nSPS) is 25.7. The molecule has 6 atom stereocenters. The van der Waals surface area contributed by atoms with Crippen LogP contribution < -0.4 is 21.2 Å². The van der Waals surface area contributed by atoms with Crippen LogP contribution in [0.3, 0.4) is 0 Å². The first-order valence-corrected chi connectivity index (χ1v) is 15.4. The number of imidazole rings is 1. The third-order valence-corrected chi connectivity index (χ3v) is 8.76. The van der Waals surface area contributed by atoms with Crippen molar-refractivity contribution in [1.82, 2.24) is 29.7 Å². The summed E-state index contributed by atoms with van der Waals surface area (Å²) in [5, 5.41) is 30.7. The largest absolute Gasteiger partial charge is 0.465 e. The standard InChI is InChI=1S/C24H39N8O9P/c1-6-38-20(34)12(3)30-42(37,31-13(4)21(35)39-7-2)40-10-15-17(33)24(5,36)22(41-15)32-11-26-16-18(27-14-8-9-14)28-23(25)29-19(16)32/h11-15,17,22,33,36H,6-10H2,1-5H3,(H2,30,31,37)(H3,25,27,28,29)/t12-,13-,15+,17?,22+,24?/m0/s1. The summed E-state index contributed by atoms with van der Waals surface area (Å²) in [6.45, 7) is 7.11. The van der Waals surface area contributed by atoms with Gasteiger partial charge >= 0.3 is 19.6 Å². The van der Waals surface area contributed by atoms with Crippen LogP contribution in [0.1, 0.15) is 53.7 Å². The molecule has 1 saturated carbocycles. The van der Waals surface area contributed by atoms with Gasteiger partial charge in [-0.15, -0.1) is 0 Å². The van der Waals surface area contributed by atoms with Crippen molar-refractivity contribution in [2.75, 3.05) is 30.9 Å². The molecule has 42 heavy (non-hydrogen) atoms. The number of aliphatic hydroxyl groups excluding tert-OH is 1. The lowest BCUT2D eigenvalue weighted by Crippen LogP contribution is -2.45. The van der Waals surface area contributed by atoms with Gasteiger partial charge in [0.25, 0.3) is 0 Å². The molecule has 4 rings (SSSR count). The number of ether oxygens (including phenoxy) is 3. The summed E-state index contributed by atoms with van der Waals surface area (Å²) < 4.78 is 36.8. The predicted molar refractivity (Wildman–Crippen MR) is 149 cm³/mol. The van der Waals surface area contributed by atoms with Crippen LogP contribution in [-0.4, -0.2) is 97.4 Å². The molecule has 0 radical (unpaired) electrons. The van der Waals surface area contributed by atoms with Crippen molar-refractivity contribution in [3.63, 3.8) is 0 Å². The van der Waals surface area contributed by atoms with E-state index < -0.39 is 62.3 Å². The number of aliphatic hydroxyl groups is 2. The topological polar surface area (TPSA) is 234 Å². The summed E-state index contributed by atoms with van der Waals surface area (Å²) in [6, 6.07) is -1.93. The molecule has 7 N–H and O–H groups in total. The molecule has 1 aliphatic carbocycles. The Morgan fingerprint density at radius 3 is 2.33 bits per heavy atom. The molecule has 0 amide bonds. The highest BCUT2D eigenvalue weighted by Crippen LogP contribution is 2.44. The molecule has 2 aromatic heterocycles. The number of nitrogens with zero attached hydrogens (tertiary/aromatic N) is 4. The van der Waals surface area contributed by atoms with Crippen LogP contribution in [0.4, 0.5) is 11.8 Å². The highest BCUT2D eigenvalue weighted by Gasteiger charge is 2.54. The first-order valence-electron chi connectivity index (χ1n) is 13.8. The molecule has 2 fully saturated rings. The number of aromatic nitrogens is 4. The van der Waals surface area contributed by atoms with Gasteiger partial charge in [-0.05, 0) is 47.5 Å². The maximum Gasteiger partial charge on any atom is 0.342 e. The van der Waals surface area contributed by atoms with Crippen LogP contribution in [0, 0.1) is 0 Å². The smallest absolute Gasteiger partial charge is 0.342 e. The molecule has 2 unspecified atom stereocenters. The lowest BCUT2D eigenvalue weighted by molar-refractivity contribution is -0.145. The van der Waals surface area contributed by atoms with Crippen LogP contribution in [0.5, 0.6) is 0 Å². The number of nitrogens with two attached hydrogens (primary N) is 1. The molecule has 2 aromatic rings. The molecular weight excluding hydrogens is 575 g/mol. The zero-order chi connectivity index (χ0) is 30.8. The molecular formula is C24H39N8O9P. The molecule has 18 heteroatoms. The maximum absolute atomic E-state index is 13.8. The van der Waals surface area contributed by atoms with E-state index >= 15 is 0 Å². The molecule has 3 heterocycles. The number of hydrogen-bond donors (Lipinski definition) is 6. The van der Waals surface area contributed by atoms with E-state index in [9.17, 15) is 24.4 Å². The summed E-state index contributed by atoms with van der Waals surface area (Å²) in [5.41, 5.74) is 4.73. The van der Waals surface area contributed by atoms with Gasteiger partial charge in [0.2, 0.25) is 5.95 Å². The zero-order valence-electron chi connectivity index (χ0n) is 24.1. The van der Waals surface area contributed by atoms with E-state index in [4.69, 9.17) is 24.5 Å². The van der Waals surface area contributed by atoms with Gasteiger partial charge in [-0.3, -0.25) is 18.7 Å². The summed E-state index contributed by atoms with van der Waals surface area (Å²) in [7, 11) is -4.19. The van der Waals surface area contributed by atoms with E-state index in [1.807, 2.05) is 0 Å². The third-order valence-electron chi connectivity index (χ3n) is 6.79. The average Bonchev–Trinajstić information content (AvgIpc) is 3.59. The van der Waals surface area contributed by atoms with Crippen molar-refractivity contribution in [1.29, 1.82) is 0 Å². The molecule has 0 bridgehead atoms. The molecule has 2 aliphatic rings. The van der Waals surface area contributed by atoms with E-state index in [1.165, 1.54) is 31.7 Å². The minimum Gasteiger partial charge on any atom is -0.465 e. The monoisotopic (exact) mass is 614 g/mol. The quantitative estimate of drug-likeness (QED) is 0.123. The summed E-state index contributed by atoms with van der Waals surface area (Å²) in [6.07, 6.45) is -0.565. The number of carbonyl (C=O) groups excluding carboxylic acids is 2. The van der Waals surface area contributed by atoms with Crippen molar-refractivity contribution < 1.29 is 43.1 Å². The number of nitrogens with one attached hydrogen (secondary N) is 3. The number of fused-ring (bicyclic) bond motifs is 1. The second kappa shape index (κ2) is 12.8. The van der Waals surface area contributed by atoms with Crippen LogP contribution >= 0.6 is 7.67 Å². The van der Waals surface area contributed by atoms with Crippen LogP contribution in [-0.2, 0) is 32.9 Å². The number of rotatable bonds is 14. The Bertz CT molecular complexity index is 1310. The van der Waals surface area contributed by atoms with Crippen LogP contribution in [0.25, 0.3) is 11.2 Å². The van der Waals surface area contributed by atoms with E-state index in [1.54, 1.807) is 13.8 Å². The van der Waals surface area contributed by atoms with Crippen molar-refractivity contribution in [2.24, 2.45) is 0 Å². The predicted octanol–water partition coefficient (Wildman–Crippen LogP) is 0.199. The van der Waals surface area contributed by atoms with Gasteiger partial charge in [0.05, 0.1) is 26.1 Å². The van der Waals surface area contributed by atoms with Gasteiger partial charge in [0.1, 0.15) is 29.9 Å². The SMILES string of the molecule is CCOC(=O)[C@H](C)NP(=O)(N[C@@H](C)C(=O)OCC)OC[C@H]1O[C@@H](n2cnc3c(NC4CC4)nc(N)nc32)C(C)(O)C1O. The molecule has 1 aliphatic heterocycles. The number of carbonyl (C=O) groups is 2. The number of hydrogen-bond acceptors (Lipinski definition) is 14. The van der Waals surface area contributed by atoms with Crippen molar-refractivity contribution in [3.8, 4) is 0 Å². The molecule has 0 spiro atoms. The van der Waals surface area contributed by atoms with Gasteiger partial charge in [-0.25, -0.2) is 15.2 Å². The molecule has 234 valence electrons. The van der Waals surface area contributed by atoms with Crippen molar-refractivity contribution in [3.05, 3.63) is 6.33 Å². The average molecular weight is 615 g/mol. The van der Waals surface area contributed by atoms with Gasteiger partial charge < -0.3 is 40.0 Å². The number of esters is 2. The Hall–Kier alpha value is -2.92. The Morgan fingerprint density at radius 1 is 1.19 bits per heavy atom. The lowest BCUT2D eigenvalue weighted by Gasteiger charge is -2.28. The minimum absolute atomic E-state index is 0.0185. The molecule has 1 saturated heterocycles. The second-order valence-corrected chi connectivity index (χ2v) is 12.3. The Kier molecular flexibility index (Phi) is 9.72. The minimum atomic E-state index is -4.19. The highest BCUT2D eigenvalue weighted by molar-refractivity contribution is 7.54. The van der Waals surface area contributed by atoms with E-state index in [0.29, 0.717) is 11.3 Å². The van der Waals surface area contributed by atoms with Gasteiger partial charge in [0, 0.05) is 6.04 Å². The first kappa shape index (κ1) is 32.0. The van der Waals surface area contributed by atoms with Crippen molar-refractivity contribution in [2.45, 2.75) is 89.6 Å². The van der Waals surface area contributed by atoms with Crippen molar-refractivity contribution >= 4 is 42.5 Å². The first-order chi connectivity index (χ1) is 19.8. The zero-order valence-corrected chi connectivity index (χ0v) is 25.0. The fourth-order valence-corrected chi connectivity index (χ4v) is 6.26. The highest BCUT2D eigenvalue weighted by atomic mass is 31.2. The fourth-order valence-electron chi connectivity index (χ4n) is 4.44. The van der Waals surface area contributed by atoms with Gasteiger partial charge in [-0.1, -0.05) is 0 Å². The third kappa shape index (κ3) is 6.99. The number of nitrogen functional groups attached to an aromatic ring is 1. The fraction of sp³-hybridized carbons (Fsp3) is 0.708. The summed E-state index contributed by atoms with van der Waals surface area (Å²) >= 11 is 0. The van der Waals surface area contributed by atoms with Crippen LogP contribution in [0.2, 0.25) is 0 Å². The Morgan fingerprint density at radius 2 is 1.79 bits per heavy atom. The lowest BCUT2D eigenvalue weighted by atomic mass is 9.96. The number of anilines is 2. The van der Waals surface area contributed by atoms with Gasteiger partial charge in [0.15, 0.2) is 23.2 Å². The molecule has 17 nitrogen and oxygen atoms in total.